The standard InChI is InChI=1S/C11H14F3N3O2S/c12-11(13,14)9-5-15-10-4-1-7(6-17(9)10)16-20(18,19)8-2-3-8/h5,7-8,16H,1-4,6H2. The van der Waals surface area contributed by atoms with Gasteiger partial charge in [-0.05, 0) is 19.3 Å². The van der Waals surface area contributed by atoms with Crippen molar-refractivity contribution in [1.82, 2.24) is 14.3 Å². The Morgan fingerprint density at radius 3 is 2.60 bits per heavy atom. The lowest BCUT2D eigenvalue weighted by Gasteiger charge is -2.26. The van der Waals surface area contributed by atoms with Crippen molar-refractivity contribution in [2.24, 2.45) is 0 Å². The van der Waals surface area contributed by atoms with Gasteiger partial charge in [-0.2, -0.15) is 13.2 Å². The Bertz CT molecular complexity index is 619. The summed E-state index contributed by atoms with van der Waals surface area (Å²) in [5, 5.41) is -0.367. The van der Waals surface area contributed by atoms with Crippen LogP contribution in [0.2, 0.25) is 0 Å². The molecule has 0 spiro atoms. The Morgan fingerprint density at radius 2 is 2.00 bits per heavy atom. The Hall–Kier alpha value is -1.09. The average molecular weight is 309 g/mol. The maximum Gasteiger partial charge on any atom is 0.433 e. The van der Waals surface area contributed by atoms with Gasteiger partial charge in [-0.15, -0.1) is 0 Å². The van der Waals surface area contributed by atoms with Crippen LogP contribution in [0.1, 0.15) is 30.8 Å². The molecule has 3 rings (SSSR count). The summed E-state index contributed by atoms with van der Waals surface area (Å²) in [6.45, 7) is -0.0177. The summed E-state index contributed by atoms with van der Waals surface area (Å²) in [6, 6.07) is -0.497. The maximum atomic E-state index is 12.8. The zero-order valence-corrected chi connectivity index (χ0v) is 11.3. The monoisotopic (exact) mass is 309 g/mol. The fraction of sp³-hybridized carbons (Fsp3) is 0.727. The molecule has 1 aliphatic carbocycles. The summed E-state index contributed by atoms with van der Waals surface area (Å²) in [6.07, 6.45) is -1.58. The number of fused-ring (bicyclic) bond motifs is 1. The number of alkyl halides is 3. The fourth-order valence-electron chi connectivity index (χ4n) is 2.46. The second-order valence-electron chi connectivity index (χ2n) is 5.27. The third kappa shape index (κ3) is 2.56. The highest BCUT2D eigenvalue weighted by molar-refractivity contribution is 7.90. The van der Waals surface area contributed by atoms with Crippen LogP contribution in [-0.4, -0.2) is 29.3 Å². The van der Waals surface area contributed by atoms with Crippen molar-refractivity contribution < 1.29 is 21.6 Å². The maximum absolute atomic E-state index is 12.8. The van der Waals surface area contributed by atoms with Crippen LogP contribution in [0.5, 0.6) is 0 Å². The minimum absolute atomic E-state index is 0.0177. The first kappa shape index (κ1) is 13.9. The zero-order valence-electron chi connectivity index (χ0n) is 10.5. The van der Waals surface area contributed by atoms with Gasteiger partial charge in [0.1, 0.15) is 11.5 Å². The Morgan fingerprint density at radius 1 is 1.30 bits per heavy atom. The summed E-state index contributed by atoms with van der Waals surface area (Å²) in [5.41, 5.74) is -0.817. The van der Waals surface area contributed by atoms with Crippen molar-refractivity contribution in [3.05, 3.63) is 17.7 Å². The quantitative estimate of drug-likeness (QED) is 0.915. The Balaban J connectivity index is 1.79. The largest absolute Gasteiger partial charge is 0.433 e. The summed E-state index contributed by atoms with van der Waals surface area (Å²) >= 11 is 0. The van der Waals surface area contributed by atoms with E-state index in [2.05, 4.69) is 9.71 Å². The Labute approximate surface area is 114 Å². The van der Waals surface area contributed by atoms with Crippen molar-refractivity contribution in [2.45, 2.75) is 49.7 Å². The molecule has 0 saturated heterocycles. The first-order chi connectivity index (χ1) is 9.27. The van der Waals surface area contributed by atoms with E-state index in [1.54, 1.807) is 0 Å². The van der Waals surface area contributed by atoms with Crippen molar-refractivity contribution in [3.63, 3.8) is 0 Å². The molecule has 0 radical (unpaired) electrons. The molecule has 1 unspecified atom stereocenters. The lowest BCUT2D eigenvalue weighted by atomic mass is 10.1. The van der Waals surface area contributed by atoms with Gasteiger partial charge in [0.25, 0.3) is 0 Å². The van der Waals surface area contributed by atoms with E-state index < -0.39 is 27.9 Å². The topological polar surface area (TPSA) is 64.0 Å². The van der Waals surface area contributed by atoms with Gasteiger partial charge in [-0.1, -0.05) is 0 Å². The van der Waals surface area contributed by atoms with Crippen LogP contribution in [-0.2, 0) is 29.2 Å². The average Bonchev–Trinajstić information content (AvgIpc) is 3.08. The molecule has 112 valence electrons. The molecule has 0 bridgehead atoms. The molecule has 2 heterocycles. The number of halogens is 3. The molecule has 1 aromatic rings. The second kappa shape index (κ2) is 4.45. The number of aryl methyl sites for hydroxylation is 1. The molecule has 9 heteroatoms. The van der Waals surface area contributed by atoms with Crippen LogP contribution >= 0.6 is 0 Å². The van der Waals surface area contributed by atoms with Gasteiger partial charge in [-0.25, -0.2) is 18.1 Å². The van der Waals surface area contributed by atoms with E-state index in [4.69, 9.17) is 0 Å². The summed E-state index contributed by atoms with van der Waals surface area (Å²) in [4.78, 5) is 3.77. The summed E-state index contributed by atoms with van der Waals surface area (Å²) in [7, 11) is -3.39. The van der Waals surface area contributed by atoms with Gasteiger partial charge in [0, 0.05) is 19.0 Å². The van der Waals surface area contributed by atoms with E-state index in [0.29, 0.717) is 31.5 Å². The van der Waals surface area contributed by atoms with Crippen LogP contribution in [0.25, 0.3) is 0 Å². The van der Waals surface area contributed by atoms with Crippen molar-refractivity contribution >= 4 is 10.0 Å². The highest BCUT2D eigenvalue weighted by atomic mass is 32.2. The van der Waals surface area contributed by atoms with Crippen LogP contribution < -0.4 is 4.72 Å². The minimum Gasteiger partial charge on any atom is -0.323 e. The van der Waals surface area contributed by atoms with E-state index in [1.165, 1.54) is 0 Å². The number of sulfonamides is 1. The summed E-state index contributed by atoms with van der Waals surface area (Å²) in [5.74, 6) is 0.360. The van der Waals surface area contributed by atoms with E-state index in [-0.39, 0.29) is 11.8 Å². The number of nitrogens with one attached hydrogen (secondary N) is 1. The first-order valence-electron chi connectivity index (χ1n) is 6.40. The normalized spacial score (nSPS) is 23.6. The molecular weight excluding hydrogens is 295 g/mol. The molecule has 1 aromatic heterocycles. The third-order valence-electron chi connectivity index (χ3n) is 3.64. The van der Waals surface area contributed by atoms with Crippen molar-refractivity contribution in [2.75, 3.05) is 0 Å². The van der Waals surface area contributed by atoms with Gasteiger partial charge >= 0.3 is 6.18 Å². The molecule has 1 atom stereocenters. The molecule has 1 fully saturated rings. The van der Waals surface area contributed by atoms with Crippen LogP contribution in [0.4, 0.5) is 13.2 Å². The minimum atomic E-state index is -4.47. The second-order valence-corrected chi connectivity index (χ2v) is 7.26. The molecule has 1 N–H and O–H groups in total. The van der Waals surface area contributed by atoms with Gasteiger partial charge in [0.2, 0.25) is 10.0 Å². The number of aromatic nitrogens is 2. The number of nitrogens with zero attached hydrogens (tertiary/aromatic N) is 2. The van der Waals surface area contributed by atoms with Crippen molar-refractivity contribution in [3.8, 4) is 0 Å². The molecule has 0 amide bonds. The predicted molar refractivity (Wildman–Crippen MR) is 64.4 cm³/mol. The Kier molecular flexibility index (Phi) is 3.09. The summed E-state index contributed by atoms with van der Waals surface area (Å²) < 4.78 is 65.7. The van der Waals surface area contributed by atoms with Gasteiger partial charge in [-0.3, -0.25) is 0 Å². The highest BCUT2D eigenvalue weighted by Gasteiger charge is 2.40. The molecular formula is C11H14F3N3O2S. The van der Waals surface area contributed by atoms with E-state index in [1.807, 2.05) is 0 Å². The van der Waals surface area contributed by atoms with Crippen LogP contribution in [0, 0.1) is 0 Å². The lowest BCUT2D eigenvalue weighted by molar-refractivity contribution is -0.144. The molecule has 5 nitrogen and oxygen atoms in total. The van der Waals surface area contributed by atoms with Gasteiger partial charge in [0.15, 0.2) is 0 Å². The van der Waals surface area contributed by atoms with Crippen LogP contribution in [0.15, 0.2) is 6.20 Å². The molecule has 1 saturated carbocycles. The number of hydrogen-bond donors (Lipinski definition) is 1. The number of imidazole rings is 1. The zero-order chi connectivity index (χ0) is 14.5. The van der Waals surface area contributed by atoms with Gasteiger partial charge in [0.05, 0.1) is 11.4 Å². The number of hydrogen-bond acceptors (Lipinski definition) is 3. The van der Waals surface area contributed by atoms with Crippen molar-refractivity contribution in [1.29, 1.82) is 0 Å². The SMILES string of the molecule is O=S(=O)(NC1CCc2ncc(C(F)(F)F)n2C1)C1CC1. The van der Waals surface area contributed by atoms with Crippen LogP contribution in [0.3, 0.4) is 0 Å². The van der Waals surface area contributed by atoms with Gasteiger partial charge < -0.3 is 4.57 Å². The van der Waals surface area contributed by atoms with E-state index in [9.17, 15) is 21.6 Å². The molecule has 2 aliphatic rings. The third-order valence-corrected chi connectivity index (χ3v) is 5.65. The molecule has 0 aromatic carbocycles. The lowest BCUT2D eigenvalue weighted by Crippen LogP contribution is -2.43. The number of rotatable bonds is 3. The first-order valence-corrected chi connectivity index (χ1v) is 7.95. The smallest absolute Gasteiger partial charge is 0.323 e. The van der Waals surface area contributed by atoms with E-state index >= 15 is 0 Å². The highest BCUT2D eigenvalue weighted by Crippen LogP contribution is 2.32. The molecule has 1 aliphatic heterocycles. The predicted octanol–water partition coefficient (Wildman–Crippen LogP) is 1.30. The molecule has 20 heavy (non-hydrogen) atoms. The fourth-order valence-corrected chi connectivity index (χ4v) is 4.07. The van der Waals surface area contributed by atoms with E-state index in [0.717, 1.165) is 10.8 Å².